The summed E-state index contributed by atoms with van der Waals surface area (Å²) in [6, 6.07) is 13.5. The van der Waals surface area contributed by atoms with E-state index in [-0.39, 0.29) is 16.7 Å². The number of fused-ring (bicyclic) bond motifs is 1. The van der Waals surface area contributed by atoms with Crippen molar-refractivity contribution in [3.63, 3.8) is 0 Å². The molecule has 0 radical (unpaired) electrons. The third-order valence-electron chi connectivity index (χ3n) is 6.66. The standard InChI is InChI=1S/C26H33N3O4S/c1-2-25(30)29-17-14-21-19-22(12-13-24(21)29)34(32,33)27-23(18-20-10-6-5-7-11-20)26(31)28-15-8-3-4-9-16-28/h5-7,10-13,19,23,27H,2-4,8-9,14-18H2,1H3/t23-/m0/s1. The summed E-state index contributed by atoms with van der Waals surface area (Å²) in [6.07, 6.45) is 5.37. The number of rotatable bonds is 7. The van der Waals surface area contributed by atoms with E-state index in [0.29, 0.717) is 38.9 Å². The van der Waals surface area contributed by atoms with Crippen molar-refractivity contribution in [1.82, 2.24) is 9.62 Å². The van der Waals surface area contributed by atoms with E-state index in [2.05, 4.69) is 4.72 Å². The van der Waals surface area contributed by atoms with Crippen molar-refractivity contribution in [2.24, 2.45) is 0 Å². The number of hydrogen-bond donors (Lipinski definition) is 1. The van der Waals surface area contributed by atoms with Crippen molar-refractivity contribution in [3.8, 4) is 0 Å². The molecule has 0 unspecified atom stereocenters. The molecule has 0 aromatic heterocycles. The molecule has 2 aromatic rings. The van der Waals surface area contributed by atoms with Gasteiger partial charge in [-0.1, -0.05) is 50.1 Å². The fourth-order valence-electron chi connectivity index (χ4n) is 4.79. The highest BCUT2D eigenvalue weighted by Crippen LogP contribution is 2.31. The van der Waals surface area contributed by atoms with Crippen molar-refractivity contribution in [2.75, 3.05) is 24.5 Å². The minimum Gasteiger partial charge on any atom is -0.341 e. The number of amides is 2. The molecule has 182 valence electrons. The zero-order valence-electron chi connectivity index (χ0n) is 19.7. The highest BCUT2D eigenvalue weighted by molar-refractivity contribution is 7.89. The monoisotopic (exact) mass is 483 g/mol. The molecular weight excluding hydrogens is 450 g/mol. The summed E-state index contributed by atoms with van der Waals surface area (Å²) >= 11 is 0. The topological polar surface area (TPSA) is 86.8 Å². The summed E-state index contributed by atoms with van der Waals surface area (Å²) in [4.78, 5) is 29.3. The van der Waals surface area contributed by atoms with Crippen LogP contribution in [0, 0.1) is 0 Å². The zero-order valence-corrected chi connectivity index (χ0v) is 20.5. The first kappa shape index (κ1) is 24.4. The molecule has 2 aromatic carbocycles. The van der Waals surface area contributed by atoms with E-state index in [1.54, 1.807) is 21.9 Å². The largest absolute Gasteiger partial charge is 0.341 e. The Balaban J connectivity index is 1.58. The molecule has 2 aliphatic heterocycles. The Bertz CT molecular complexity index is 1130. The van der Waals surface area contributed by atoms with Crippen molar-refractivity contribution in [2.45, 2.75) is 62.8 Å². The third-order valence-corrected chi connectivity index (χ3v) is 8.13. The number of nitrogens with one attached hydrogen (secondary N) is 1. The van der Waals surface area contributed by atoms with Gasteiger partial charge in [-0.2, -0.15) is 4.72 Å². The molecule has 0 spiro atoms. The second-order valence-electron chi connectivity index (χ2n) is 9.04. The van der Waals surface area contributed by atoms with E-state index < -0.39 is 16.1 Å². The molecule has 8 heteroatoms. The summed E-state index contributed by atoms with van der Waals surface area (Å²) in [6.45, 7) is 3.69. The zero-order chi connectivity index (χ0) is 24.1. The van der Waals surface area contributed by atoms with Crippen LogP contribution in [0.15, 0.2) is 53.4 Å². The molecule has 2 aliphatic rings. The lowest BCUT2D eigenvalue weighted by Crippen LogP contribution is -2.50. The Kier molecular flexibility index (Phi) is 7.68. The lowest BCUT2D eigenvalue weighted by Gasteiger charge is -2.27. The van der Waals surface area contributed by atoms with Crippen molar-refractivity contribution in [3.05, 3.63) is 59.7 Å². The van der Waals surface area contributed by atoms with E-state index >= 15 is 0 Å². The van der Waals surface area contributed by atoms with Gasteiger partial charge in [0, 0.05) is 31.7 Å². The first-order valence-corrected chi connectivity index (χ1v) is 13.7. The van der Waals surface area contributed by atoms with Gasteiger partial charge in [-0.3, -0.25) is 9.59 Å². The van der Waals surface area contributed by atoms with Crippen LogP contribution in [-0.2, 0) is 32.5 Å². The summed E-state index contributed by atoms with van der Waals surface area (Å²) in [5.74, 6) is -0.145. The molecule has 1 fully saturated rings. The molecule has 34 heavy (non-hydrogen) atoms. The Hall–Kier alpha value is -2.71. The van der Waals surface area contributed by atoms with E-state index in [1.165, 1.54) is 6.07 Å². The van der Waals surface area contributed by atoms with Gasteiger partial charge in [-0.25, -0.2) is 8.42 Å². The predicted octanol–water partition coefficient (Wildman–Crippen LogP) is 3.28. The second-order valence-corrected chi connectivity index (χ2v) is 10.8. The quantitative estimate of drug-likeness (QED) is 0.655. The number of hydrogen-bond acceptors (Lipinski definition) is 4. The third kappa shape index (κ3) is 5.50. The van der Waals surface area contributed by atoms with E-state index in [4.69, 9.17) is 0 Å². The van der Waals surface area contributed by atoms with Crippen molar-refractivity contribution < 1.29 is 18.0 Å². The van der Waals surface area contributed by atoms with E-state index in [0.717, 1.165) is 42.5 Å². The number of sulfonamides is 1. The Morgan fingerprint density at radius 3 is 2.35 bits per heavy atom. The number of likely N-dealkylation sites (tertiary alicyclic amines) is 1. The van der Waals surface area contributed by atoms with Crippen LogP contribution in [0.5, 0.6) is 0 Å². The molecule has 1 N–H and O–H groups in total. The Morgan fingerprint density at radius 2 is 1.68 bits per heavy atom. The summed E-state index contributed by atoms with van der Waals surface area (Å²) in [5, 5.41) is 0. The van der Waals surface area contributed by atoms with Gasteiger partial charge in [0.15, 0.2) is 0 Å². The van der Waals surface area contributed by atoms with Gasteiger partial charge < -0.3 is 9.80 Å². The van der Waals surface area contributed by atoms with Gasteiger partial charge in [-0.05, 0) is 55.0 Å². The average molecular weight is 484 g/mol. The number of anilines is 1. The van der Waals surface area contributed by atoms with E-state index in [1.807, 2.05) is 37.3 Å². The molecule has 0 saturated carbocycles. The van der Waals surface area contributed by atoms with Crippen LogP contribution in [0.3, 0.4) is 0 Å². The minimum atomic E-state index is -3.94. The highest BCUT2D eigenvalue weighted by atomic mass is 32.2. The molecule has 7 nitrogen and oxygen atoms in total. The normalized spacial score (nSPS) is 17.2. The lowest BCUT2D eigenvalue weighted by molar-refractivity contribution is -0.133. The van der Waals surface area contributed by atoms with Crippen LogP contribution in [0.4, 0.5) is 5.69 Å². The maximum Gasteiger partial charge on any atom is 0.241 e. The SMILES string of the molecule is CCC(=O)N1CCc2cc(S(=O)(=O)N[C@@H](Cc3ccccc3)C(=O)N3CCCCCC3)ccc21. The first-order chi connectivity index (χ1) is 16.4. The number of nitrogens with zero attached hydrogens (tertiary/aromatic N) is 2. The van der Waals surface area contributed by atoms with Crippen LogP contribution >= 0.6 is 0 Å². The highest BCUT2D eigenvalue weighted by Gasteiger charge is 2.31. The minimum absolute atomic E-state index is 0.0263. The maximum atomic E-state index is 13.5. The van der Waals surface area contributed by atoms with E-state index in [9.17, 15) is 18.0 Å². The average Bonchev–Trinajstić information content (AvgIpc) is 3.08. The summed E-state index contributed by atoms with van der Waals surface area (Å²) in [7, 11) is -3.94. The Morgan fingerprint density at radius 1 is 0.971 bits per heavy atom. The fourth-order valence-corrected chi connectivity index (χ4v) is 6.03. The number of benzene rings is 2. The second kappa shape index (κ2) is 10.7. The molecular formula is C26H33N3O4S. The maximum absolute atomic E-state index is 13.5. The predicted molar refractivity (Wildman–Crippen MR) is 132 cm³/mol. The number of carbonyl (C=O) groups excluding carboxylic acids is 2. The lowest BCUT2D eigenvalue weighted by atomic mass is 10.1. The molecule has 1 atom stereocenters. The Labute approximate surface area is 202 Å². The first-order valence-electron chi connectivity index (χ1n) is 12.2. The molecule has 1 saturated heterocycles. The molecule has 2 heterocycles. The smallest absolute Gasteiger partial charge is 0.241 e. The van der Waals surface area contributed by atoms with Crippen LogP contribution < -0.4 is 9.62 Å². The van der Waals surface area contributed by atoms with Crippen molar-refractivity contribution >= 4 is 27.5 Å². The van der Waals surface area contributed by atoms with Gasteiger partial charge >= 0.3 is 0 Å². The number of carbonyl (C=O) groups is 2. The van der Waals surface area contributed by atoms with Crippen LogP contribution in [0.1, 0.15) is 50.2 Å². The summed E-state index contributed by atoms with van der Waals surface area (Å²) in [5.41, 5.74) is 2.51. The fraction of sp³-hybridized carbons (Fsp3) is 0.462. The van der Waals surface area contributed by atoms with Crippen LogP contribution in [0.2, 0.25) is 0 Å². The van der Waals surface area contributed by atoms with Gasteiger partial charge in [0.2, 0.25) is 21.8 Å². The van der Waals surface area contributed by atoms with Gasteiger partial charge in [0.1, 0.15) is 6.04 Å². The van der Waals surface area contributed by atoms with Crippen LogP contribution in [0.25, 0.3) is 0 Å². The molecule has 0 aliphatic carbocycles. The molecule has 0 bridgehead atoms. The van der Waals surface area contributed by atoms with Gasteiger partial charge in [0.05, 0.1) is 4.90 Å². The van der Waals surface area contributed by atoms with Gasteiger partial charge in [0.25, 0.3) is 0 Å². The molecule has 2 amide bonds. The van der Waals surface area contributed by atoms with Gasteiger partial charge in [-0.15, -0.1) is 0 Å². The summed E-state index contributed by atoms with van der Waals surface area (Å²) < 4.78 is 29.5. The molecule has 4 rings (SSSR count). The van der Waals surface area contributed by atoms with Crippen LogP contribution in [-0.4, -0.2) is 50.8 Å². The van der Waals surface area contributed by atoms with Crippen molar-refractivity contribution in [1.29, 1.82) is 0 Å².